The molecule has 5 heteroatoms. The van der Waals surface area contributed by atoms with Gasteiger partial charge in [-0.25, -0.2) is 0 Å². The van der Waals surface area contributed by atoms with Crippen LogP contribution in [0.5, 0.6) is 0 Å². The fraction of sp³-hybridized carbons (Fsp3) is 0.172. The van der Waals surface area contributed by atoms with Crippen LogP contribution in [0, 0.1) is 0 Å². The van der Waals surface area contributed by atoms with Gasteiger partial charge in [0.2, 0.25) is 5.91 Å². The van der Waals surface area contributed by atoms with Crippen LogP contribution in [0.3, 0.4) is 0 Å². The zero-order valence-electron chi connectivity index (χ0n) is 19.2. The van der Waals surface area contributed by atoms with Gasteiger partial charge in [-0.05, 0) is 48.2 Å². The van der Waals surface area contributed by atoms with Crippen LogP contribution >= 0.6 is 0 Å². The van der Waals surface area contributed by atoms with Gasteiger partial charge in [0, 0.05) is 35.2 Å². The summed E-state index contributed by atoms with van der Waals surface area (Å²) in [6.07, 6.45) is 4.46. The average Bonchev–Trinajstić information content (AvgIpc) is 3.29. The van der Waals surface area contributed by atoms with Gasteiger partial charge in [0.15, 0.2) is 0 Å². The number of aromatic amines is 1. The van der Waals surface area contributed by atoms with Crippen LogP contribution < -0.4 is 10.6 Å². The molecule has 0 aliphatic heterocycles. The van der Waals surface area contributed by atoms with Crippen molar-refractivity contribution in [2.75, 3.05) is 0 Å². The topological polar surface area (TPSA) is 69.8 Å². The molecule has 5 nitrogen and oxygen atoms in total. The first-order chi connectivity index (χ1) is 16.7. The van der Waals surface area contributed by atoms with Gasteiger partial charge in [0.05, 0.1) is 17.6 Å². The minimum atomic E-state index is -0.392. The molecule has 0 aliphatic rings. The van der Waals surface area contributed by atoms with Crippen molar-refractivity contribution >= 4 is 27.7 Å². The molecule has 0 spiro atoms. The number of amides is 1. The summed E-state index contributed by atoms with van der Waals surface area (Å²) in [6.45, 7) is 2.57. The number of H-pyrrole nitrogens is 1. The van der Waals surface area contributed by atoms with Crippen molar-refractivity contribution in [3.05, 3.63) is 114 Å². The Hall–Kier alpha value is -3.96. The maximum atomic E-state index is 13.4. The minimum Gasteiger partial charge on any atom is -0.361 e. The first-order valence-electron chi connectivity index (χ1n) is 11.6. The van der Waals surface area contributed by atoms with E-state index < -0.39 is 6.04 Å². The van der Waals surface area contributed by atoms with Crippen LogP contribution in [0.4, 0.5) is 0 Å². The number of carbonyl (C=O) groups excluding carboxylic acids is 1. The van der Waals surface area contributed by atoms with E-state index in [0.29, 0.717) is 13.0 Å². The number of para-hydroxylation sites is 2. The number of aromatic nitrogens is 2. The Morgan fingerprint density at radius 3 is 2.62 bits per heavy atom. The van der Waals surface area contributed by atoms with E-state index >= 15 is 0 Å². The molecule has 0 aliphatic carbocycles. The molecule has 170 valence electrons. The van der Waals surface area contributed by atoms with E-state index in [1.165, 1.54) is 0 Å². The molecule has 3 aromatic carbocycles. The Morgan fingerprint density at radius 1 is 0.971 bits per heavy atom. The van der Waals surface area contributed by atoms with E-state index in [4.69, 9.17) is 0 Å². The van der Waals surface area contributed by atoms with Gasteiger partial charge in [0.25, 0.3) is 0 Å². The quantitative estimate of drug-likeness (QED) is 0.302. The second-order valence-electron chi connectivity index (χ2n) is 8.67. The lowest BCUT2D eigenvalue weighted by Gasteiger charge is -2.22. The number of carbonyl (C=O) groups is 1. The lowest BCUT2D eigenvalue weighted by atomic mass is 10.0. The highest BCUT2D eigenvalue weighted by atomic mass is 16.2. The predicted octanol–water partition coefficient (Wildman–Crippen LogP) is 5.29. The van der Waals surface area contributed by atoms with Crippen molar-refractivity contribution in [1.82, 2.24) is 20.6 Å². The summed E-state index contributed by atoms with van der Waals surface area (Å²) < 4.78 is 0. The Bertz CT molecular complexity index is 1410. The molecule has 0 unspecified atom stereocenters. The third kappa shape index (κ3) is 4.85. The molecule has 0 saturated heterocycles. The SMILES string of the molecule is C[C@H](NC(=O)[C@@H](Cc1c[nH]c2ccccc12)NCc1cnc2ccccc2c1)c1ccccc1. The number of rotatable bonds is 8. The summed E-state index contributed by atoms with van der Waals surface area (Å²) in [5.74, 6) is -0.0182. The summed E-state index contributed by atoms with van der Waals surface area (Å²) in [4.78, 5) is 21.3. The zero-order valence-corrected chi connectivity index (χ0v) is 19.2. The molecular weight excluding hydrogens is 420 g/mol. The van der Waals surface area contributed by atoms with Gasteiger partial charge in [-0.3, -0.25) is 9.78 Å². The third-order valence-corrected chi connectivity index (χ3v) is 6.27. The van der Waals surface area contributed by atoms with Crippen molar-refractivity contribution in [1.29, 1.82) is 0 Å². The molecule has 5 aromatic rings. The van der Waals surface area contributed by atoms with Crippen LogP contribution in [0.25, 0.3) is 21.8 Å². The molecule has 3 N–H and O–H groups in total. The number of hydrogen-bond donors (Lipinski definition) is 3. The van der Waals surface area contributed by atoms with E-state index in [1.54, 1.807) is 0 Å². The van der Waals surface area contributed by atoms with Gasteiger partial charge in [-0.1, -0.05) is 66.7 Å². The van der Waals surface area contributed by atoms with E-state index in [-0.39, 0.29) is 11.9 Å². The fourth-order valence-corrected chi connectivity index (χ4v) is 4.37. The van der Waals surface area contributed by atoms with Crippen molar-refractivity contribution in [3.8, 4) is 0 Å². The highest BCUT2D eigenvalue weighted by molar-refractivity contribution is 5.86. The molecule has 5 rings (SSSR count). The Balaban J connectivity index is 1.36. The van der Waals surface area contributed by atoms with Crippen LogP contribution in [-0.2, 0) is 17.8 Å². The maximum Gasteiger partial charge on any atom is 0.237 e. The second-order valence-corrected chi connectivity index (χ2v) is 8.67. The van der Waals surface area contributed by atoms with Crippen LogP contribution in [0.1, 0.15) is 29.7 Å². The molecule has 1 amide bonds. The summed E-state index contributed by atoms with van der Waals surface area (Å²) in [6, 6.07) is 28.0. The molecule has 2 aromatic heterocycles. The van der Waals surface area contributed by atoms with Gasteiger partial charge < -0.3 is 15.6 Å². The third-order valence-electron chi connectivity index (χ3n) is 6.27. The standard InChI is InChI=1S/C29H28N4O/c1-20(22-9-3-2-4-10-22)33-29(34)28(16-24-19-32-27-14-8-6-12-25(24)27)31-18-21-15-23-11-5-7-13-26(23)30-17-21/h2-15,17,19-20,28,31-32H,16,18H2,1H3,(H,33,34)/t20-,28+/m0/s1. The zero-order chi connectivity index (χ0) is 23.3. The normalized spacial score (nSPS) is 13.1. The number of benzene rings is 3. The van der Waals surface area contributed by atoms with Crippen molar-refractivity contribution in [3.63, 3.8) is 0 Å². The van der Waals surface area contributed by atoms with Crippen molar-refractivity contribution in [2.45, 2.75) is 32.0 Å². The molecule has 2 atom stereocenters. The highest BCUT2D eigenvalue weighted by Gasteiger charge is 2.22. The molecule has 0 bridgehead atoms. The van der Waals surface area contributed by atoms with E-state index in [2.05, 4.69) is 44.9 Å². The van der Waals surface area contributed by atoms with E-state index in [9.17, 15) is 4.79 Å². The largest absolute Gasteiger partial charge is 0.361 e. The first-order valence-corrected chi connectivity index (χ1v) is 11.6. The van der Waals surface area contributed by atoms with Crippen LogP contribution in [0.2, 0.25) is 0 Å². The Morgan fingerprint density at radius 2 is 1.74 bits per heavy atom. The molecule has 0 fully saturated rings. The molecule has 0 saturated carbocycles. The summed E-state index contributed by atoms with van der Waals surface area (Å²) in [5.41, 5.74) is 5.29. The summed E-state index contributed by atoms with van der Waals surface area (Å²) in [5, 5.41) is 8.93. The summed E-state index contributed by atoms with van der Waals surface area (Å²) in [7, 11) is 0. The molecule has 0 radical (unpaired) electrons. The lowest BCUT2D eigenvalue weighted by molar-refractivity contribution is -0.123. The van der Waals surface area contributed by atoms with Crippen LogP contribution in [-0.4, -0.2) is 21.9 Å². The van der Waals surface area contributed by atoms with Gasteiger partial charge >= 0.3 is 0 Å². The van der Waals surface area contributed by atoms with E-state index in [1.807, 2.05) is 80.0 Å². The van der Waals surface area contributed by atoms with E-state index in [0.717, 1.165) is 38.5 Å². The number of nitrogens with one attached hydrogen (secondary N) is 3. The second kappa shape index (κ2) is 9.89. The lowest BCUT2D eigenvalue weighted by Crippen LogP contribution is -2.46. The average molecular weight is 449 g/mol. The Labute approximate surface area is 199 Å². The predicted molar refractivity (Wildman–Crippen MR) is 137 cm³/mol. The molecule has 2 heterocycles. The van der Waals surface area contributed by atoms with Gasteiger partial charge in [-0.15, -0.1) is 0 Å². The van der Waals surface area contributed by atoms with Gasteiger partial charge in [-0.2, -0.15) is 0 Å². The number of fused-ring (bicyclic) bond motifs is 2. The first kappa shape index (κ1) is 21.9. The monoisotopic (exact) mass is 448 g/mol. The van der Waals surface area contributed by atoms with Gasteiger partial charge in [0.1, 0.15) is 0 Å². The number of nitrogens with zero attached hydrogens (tertiary/aromatic N) is 1. The summed E-state index contributed by atoms with van der Waals surface area (Å²) >= 11 is 0. The minimum absolute atomic E-state index is 0.0182. The Kier molecular flexibility index (Phi) is 6.36. The van der Waals surface area contributed by atoms with Crippen molar-refractivity contribution in [2.24, 2.45) is 0 Å². The van der Waals surface area contributed by atoms with Crippen LogP contribution in [0.15, 0.2) is 97.3 Å². The molecule has 34 heavy (non-hydrogen) atoms. The maximum absolute atomic E-state index is 13.4. The number of pyridine rings is 1. The van der Waals surface area contributed by atoms with Crippen molar-refractivity contribution < 1.29 is 4.79 Å². The molecular formula is C29H28N4O. The smallest absolute Gasteiger partial charge is 0.237 e. The highest BCUT2D eigenvalue weighted by Crippen LogP contribution is 2.20. The number of hydrogen-bond acceptors (Lipinski definition) is 3. The fourth-order valence-electron chi connectivity index (χ4n) is 4.37.